The molecule has 24 heavy (non-hydrogen) atoms. The van der Waals surface area contributed by atoms with Gasteiger partial charge >= 0.3 is 0 Å². The third-order valence-corrected chi connectivity index (χ3v) is 5.29. The minimum Gasteiger partial charge on any atom is -0.342 e. The summed E-state index contributed by atoms with van der Waals surface area (Å²) in [6.45, 7) is 7.78. The first-order valence-electron chi connectivity index (χ1n) is 8.74. The average molecular weight is 329 g/mol. The molecule has 1 aliphatic rings. The zero-order valence-corrected chi connectivity index (χ0v) is 15.0. The van der Waals surface area contributed by atoms with Gasteiger partial charge in [0.1, 0.15) is 0 Å². The van der Waals surface area contributed by atoms with Crippen molar-refractivity contribution in [3.8, 4) is 0 Å². The number of rotatable bonds is 4. The van der Waals surface area contributed by atoms with E-state index in [4.69, 9.17) is 0 Å². The summed E-state index contributed by atoms with van der Waals surface area (Å²) in [7, 11) is 1.96. The molecule has 3 heterocycles. The molecule has 2 aromatic heterocycles. The van der Waals surface area contributed by atoms with Crippen LogP contribution in [0, 0.1) is 19.8 Å². The number of hydrogen-bond donors (Lipinski definition) is 1. The number of nitrogens with one attached hydrogen (secondary N) is 1. The quantitative estimate of drug-likeness (QED) is 0.936. The molecular formula is C18H27N5O. The number of aryl methyl sites for hydroxylation is 2. The van der Waals surface area contributed by atoms with Gasteiger partial charge < -0.3 is 4.90 Å². The lowest BCUT2D eigenvalue weighted by atomic mass is 9.92. The second-order valence-corrected chi connectivity index (χ2v) is 7.01. The SMILES string of the molecule is Cc1nn(C)c(C)c1C[C@@H](C)C(=O)N1CCC[C@H](c2ccn[nH]2)C1. The van der Waals surface area contributed by atoms with Gasteiger partial charge in [-0.05, 0) is 44.7 Å². The molecule has 1 amide bonds. The van der Waals surface area contributed by atoms with Crippen LogP contribution >= 0.6 is 0 Å². The number of carbonyl (C=O) groups excluding carboxylic acids is 1. The van der Waals surface area contributed by atoms with Crippen LogP contribution in [0.1, 0.15) is 48.3 Å². The van der Waals surface area contributed by atoms with Crippen LogP contribution in [0.4, 0.5) is 0 Å². The van der Waals surface area contributed by atoms with Gasteiger partial charge in [-0.1, -0.05) is 6.92 Å². The zero-order chi connectivity index (χ0) is 17.3. The van der Waals surface area contributed by atoms with E-state index in [0.29, 0.717) is 5.92 Å². The summed E-state index contributed by atoms with van der Waals surface area (Å²) < 4.78 is 1.90. The van der Waals surface area contributed by atoms with Gasteiger partial charge in [0.15, 0.2) is 0 Å². The zero-order valence-electron chi connectivity index (χ0n) is 15.0. The van der Waals surface area contributed by atoms with Crippen molar-refractivity contribution in [3.63, 3.8) is 0 Å². The van der Waals surface area contributed by atoms with Gasteiger partial charge in [-0.25, -0.2) is 0 Å². The van der Waals surface area contributed by atoms with Crippen molar-refractivity contribution in [1.82, 2.24) is 24.9 Å². The Labute approximate surface area is 143 Å². The lowest BCUT2D eigenvalue weighted by Crippen LogP contribution is -2.42. The van der Waals surface area contributed by atoms with Crippen molar-refractivity contribution in [2.45, 2.75) is 46.0 Å². The number of amides is 1. The van der Waals surface area contributed by atoms with Gasteiger partial charge in [0, 0.05) is 49.6 Å². The summed E-state index contributed by atoms with van der Waals surface area (Å²) in [5.74, 6) is 0.605. The maximum absolute atomic E-state index is 12.9. The second kappa shape index (κ2) is 6.79. The summed E-state index contributed by atoms with van der Waals surface area (Å²) in [6, 6.07) is 2.02. The molecule has 0 aliphatic carbocycles. The number of hydrogen-bond acceptors (Lipinski definition) is 3. The molecule has 1 aliphatic heterocycles. The summed E-state index contributed by atoms with van der Waals surface area (Å²) in [4.78, 5) is 14.9. The molecule has 0 aromatic carbocycles. The minimum atomic E-state index is -0.0212. The predicted molar refractivity (Wildman–Crippen MR) is 92.7 cm³/mol. The smallest absolute Gasteiger partial charge is 0.225 e. The molecule has 1 N–H and O–H groups in total. The van der Waals surface area contributed by atoms with E-state index in [1.807, 2.05) is 36.5 Å². The van der Waals surface area contributed by atoms with Crippen molar-refractivity contribution in [1.29, 1.82) is 0 Å². The van der Waals surface area contributed by atoms with E-state index in [-0.39, 0.29) is 11.8 Å². The Balaban J connectivity index is 1.66. The topological polar surface area (TPSA) is 66.8 Å². The Morgan fingerprint density at radius 2 is 2.25 bits per heavy atom. The number of aromatic amines is 1. The molecule has 130 valence electrons. The Morgan fingerprint density at radius 3 is 2.88 bits per heavy atom. The molecule has 0 radical (unpaired) electrons. The van der Waals surface area contributed by atoms with Crippen LogP contribution in [0.25, 0.3) is 0 Å². The maximum Gasteiger partial charge on any atom is 0.225 e. The van der Waals surface area contributed by atoms with Gasteiger partial charge in [-0.15, -0.1) is 0 Å². The number of aromatic nitrogens is 4. The average Bonchev–Trinajstić information content (AvgIpc) is 3.19. The van der Waals surface area contributed by atoms with E-state index >= 15 is 0 Å². The first-order chi connectivity index (χ1) is 11.5. The van der Waals surface area contributed by atoms with E-state index in [1.54, 1.807) is 6.20 Å². The molecule has 1 fully saturated rings. The second-order valence-electron chi connectivity index (χ2n) is 7.01. The van der Waals surface area contributed by atoms with Gasteiger partial charge in [0.25, 0.3) is 0 Å². The molecule has 6 heteroatoms. The van der Waals surface area contributed by atoms with Gasteiger partial charge in [0.05, 0.1) is 5.69 Å². The fourth-order valence-corrected chi connectivity index (χ4v) is 3.74. The first-order valence-corrected chi connectivity index (χ1v) is 8.74. The van der Waals surface area contributed by atoms with E-state index in [0.717, 1.165) is 49.4 Å². The molecule has 2 aromatic rings. The van der Waals surface area contributed by atoms with E-state index < -0.39 is 0 Å². The first kappa shape index (κ1) is 16.7. The summed E-state index contributed by atoms with van der Waals surface area (Å²) in [6.07, 6.45) is 4.70. The van der Waals surface area contributed by atoms with E-state index in [1.165, 1.54) is 5.56 Å². The highest BCUT2D eigenvalue weighted by molar-refractivity contribution is 5.79. The van der Waals surface area contributed by atoms with Crippen molar-refractivity contribution in [2.24, 2.45) is 13.0 Å². The standard InChI is InChI=1S/C18H27N5O/c1-12(10-16-13(2)21-22(4)14(16)3)18(24)23-9-5-6-15(11-23)17-7-8-19-20-17/h7-8,12,15H,5-6,9-11H2,1-4H3,(H,19,20)/t12-,15+/m1/s1. The summed E-state index contributed by atoms with van der Waals surface area (Å²) in [5.41, 5.74) is 4.53. The third-order valence-electron chi connectivity index (χ3n) is 5.29. The molecule has 0 bridgehead atoms. The monoisotopic (exact) mass is 329 g/mol. The van der Waals surface area contributed by atoms with Gasteiger partial charge in [-0.3, -0.25) is 14.6 Å². The lowest BCUT2D eigenvalue weighted by Gasteiger charge is -2.34. The number of H-pyrrole nitrogens is 1. The molecule has 0 unspecified atom stereocenters. The number of likely N-dealkylation sites (tertiary alicyclic amines) is 1. The Morgan fingerprint density at radius 1 is 1.46 bits per heavy atom. The Bertz CT molecular complexity index is 703. The lowest BCUT2D eigenvalue weighted by molar-refractivity contribution is -0.136. The largest absolute Gasteiger partial charge is 0.342 e. The van der Waals surface area contributed by atoms with Crippen LogP contribution in [-0.2, 0) is 18.3 Å². The van der Waals surface area contributed by atoms with Gasteiger partial charge in [0.2, 0.25) is 5.91 Å². The van der Waals surface area contributed by atoms with Crippen molar-refractivity contribution < 1.29 is 4.79 Å². The normalized spacial score (nSPS) is 19.5. The number of carbonyl (C=O) groups is 1. The molecule has 3 rings (SSSR count). The van der Waals surface area contributed by atoms with Crippen LogP contribution < -0.4 is 0 Å². The van der Waals surface area contributed by atoms with Crippen LogP contribution in [0.5, 0.6) is 0 Å². The van der Waals surface area contributed by atoms with Crippen molar-refractivity contribution in [3.05, 3.63) is 34.9 Å². The minimum absolute atomic E-state index is 0.0212. The number of piperidine rings is 1. The molecule has 2 atom stereocenters. The van der Waals surface area contributed by atoms with Crippen LogP contribution in [0.15, 0.2) is 12.3 Å². The van der Waals surface area contributed by atoms with E-state index in [2.05, 4.69) is 22.2 Å². The van der Waals surface area contributed by atoms with Crippen LogP contribution in [0.3, 0.4) is 0 Å². The maximum atomic E-state index is 12.9. The van der Waals surface area contributed by atoms with Crippen LogP contribution in [0.2, 0.25) is 0 Å². The summed E-state index contributed by atoms with van der Waals surface area (Å²) in [5, 5.41) is 11.6. The van der Waals surface area contributed by atoms with E-state index in [9.17, 15) is 4.79 Å². The van der Waals surface area contributed by atoms with Crippen LogP contribution in [-0.4, -0.2) is 43.9 Å². The molecular weight excluding hydrogens is 302 g/mol. The third kappa shape index (κ3) is 3.23. The highest BCUT2D eigenvalue weighted by atomic mass is 16.2. The fraction of sp³-hybridized carbons (Fsp3) is 0.611. The van der Waals surface area contributed by atoms with Gasteiger partial charge in [-0.2, -0.15) is 10.2 Å². The summed E-state index contributed by atoms with van der Waals surface area (Å²) >= 11 is 0. The fourth-order valence-electron chi connectivity index (χ4n) is 3.74. The predicted octanol–water partition coefficient (Wildman–Crippen LogP) is 2.34. The van der Waals surface area contributed by atoms with Crippen molar-refractivity contribution >= 4 is 5.91 Å². The Hall–Kier alpha value is -2.11. The Kier molecular flexibility index (Phi) is 4.73. The highest BCUT2D eigenvalue weighted by Gasteiger charge is 2.29. The molecule has 0 spiro atoms. The number of nitrogens with zero attached hydrogens (tertiary/aromatic N) is 4. The molecule has 0 saturated carbocycles. The highest BCUT2D eigenvalue weighted by Crippen LogP contribution is 2.27. The molecule has 1 saturated heterocycles. The van der Waals surface area contributed by atoms with Crippen molar-refractivity contribution in [2.75, 3.05) is 13.1 Å². The molecule has 6 nitrogen and oxygen atoms in total.